The van der Waals surface area contributed by atoms with E-state index in [2.05, 4.69) is 0 Å². The Kier molecular flexibility index (Phi) is 2.89. The summed E-state index contributed by atoms with van der Waals surface area (Å²) in [5.41, 5.74) is 0. The van der Waals surface area contributed by atoms with Crippen LogP contribution in [0.4, 0.5) is 0 Å². The third-order valence-corrected chi connectivity index (χ3v) is 7.71. The molecular formula is C4H10N2O6S3. The zero-order valence-electron chi connectivity index (χ0n) is 7.98. The molecule has 0 radical (unpaired) electrons. The van der Waals surface area contributed by atoms with Gasteiger partial charge >= 0.3 is 10.2 Å². The highest BCUT2D eigenvalue weighted by Crippen LogP contribution is 2.21. The van der Waals surface area contributed by atoms with Crippen LogP contribution >= 0.6 is 0 Å². The Hall–Kier alpha value is -0.230. The smallest absolute Gasteiger partial charge is 0.211 e. The molecule has 0 aromatic carbocycles. The highest BCUT2D eigenvalue weighted by molar-refractivity contribution is 8.09. The fourth-order valence-electron chi connectivity index (χ4n) is 1.17. The first-order valence-corrected chi connectivity index (χ1v) is 8.77. The summed E-state index contributed by atoms with van der Waals surface area (Å²) >= 11 is 0. The first kappa shape index (κ1) is 12.8. The first-order chi connectivity index (χ1) is 6.47. The lowest BCUT2D eigenvalue weighted by Gasteiger charge is -2.14. The highest BCUT2D eigenvalue weighted by atomic mass is 32.3. The Morgan fingerprint density at radius 3 is 1.27 bits per heavy atom. The van der Waals surface area contributed by atoms with E-state index in [9.17, 15) is 25.3 Å². The van der Waals surface area contributed by atoms with Gasteiger partial charge in [-0.3, -0.25) is 0 Å². The molecule has 0 saturated carbocycles. The second-order valence-corrected chi connectivity index (χ2v) is 9.08. The van der Waals surface area contributed by atoms with Gasteiger partial charge < -0.3 is 0 Å². The molecule has 0 aromatic rings. The number of rotatable bonds is 2. The Bertz CT molecular complexity index is 511. The molecule has 0 aromatic heterocycles. The predicted molar refractivity (Wildman–Crippen MR) is 52.0 cm³/mol. The van der Waals surface area contributed by atoms with E-state index in [0.717, 1.165) is 0 Å². The van der Waals surface area contributed by atoms with Crippen LogP contribution in [0, 0.1) is 0 Å². The standard InChI is InChI=1S/C4H10N2O6S3/c1-13(7,8)5-3-4-6(14(2,9)10)15(5,11)12/h3-4H2,1-2H3. The maximum absolute atomic E-state index is 11.5. The van der Waals surface area contributed by atoms with Crippen molar-refractivity contribution < 1.29 is 25.3 Å². The van der Waals surface area contributed by atoms with Crippen LogP contribution in [0.25, 0.3) is 0 Å². The molecule has 0 spiro atoms. The minimum Gasteiger partial charge on any atom is -0.211 e. The molecule has 1 heterocycles. The van der Waals surface area contributed by atoms with Crippen LogP contribution in [0.5, 0.6) is 0 Å². The largest absolute Gasteiger partial charge is 0.308 e. The fourth-order valence-corrected chi connectivity index (χ4v) is 6.17. The number of hydrogen-bond acceptors (Lipinski definition) is 6. The summed E-state index contributed by atoms with van der Waals surface area (Å²) in [5, 5.41) is 0. The summed E-state index contributed by atoms with van der Waals surface area (Å²) in [5.74, 6) is 0. The van der Waals surface area contributed by atoms with Crippen LogP contribution in [0.3, 0.4) is 0 Å². The Morgan fingerprint density at radius 2 is 1.13 bits per heavy atom. The molecule has 1 saturated heterocycles. The molecule has 90 valence electrons. The van der Waals surface area contributed by atoms with Gasteiger partial charge in [0.15, 0.2) is 0 Å². The molecule has 11 heteroatoms. The molecule has 0 atom stereocenters. The van der Waals surface area contributed by atoms with E-state index in [-0.39, 0.29) is 20.5 Å². The minimum absolute atomic E-state index is 0.168. The third kappa shape index (κ3) is 2.30. The topological polar surface area (TPSA) is 109 Å². The summed E-state index contributed by atoms with van der Waals surface area (Å²) in [4.78, 5) is 0. The monoisotopic (exact) mass is 278 g/mol. The van der Waals surface area contributed by atoms with Gasteiger partial charge in [-0.05, 0) is 0 Å². The van der Waals surface area contributed by atoms with Crippen LogP contribution in [0.1, 0.15) is 0 Å². The lowest BCUT2D eigenvalue weighted by atomic mass is 10.7. The van der Waals surface area contributed by atoms with Gasteiger partial charge in [-0.15, -0.1) is 0 Å². The normalized spacial score (nSPS) is 24.4. The van der Waals surface area contributed by atoms with Crippen molar-refractivity contribution in [2.45, 2.75) is 0 Å². The fraction of sp³-hybridized carbons (Fsp3) is 1.00. The van der Waals surface area contributed by atoms with Crippen LogP contribution in [0.15, 0.2) is 0 Å². The van der Waals surface area contributed by atoms with Crippen LogP contribution in [-0.2, 0) is 30.3 Å². The van der Waals surface area contributed by atoms with E-state index >= 15 is 0 Å². The molecule has 0 aliphatic carbocycles. The third-order valence-electron chi connectivity index (χ3n) is 1.72. The molecular weight excluding hydrogens is 268 g/mol. The Balaban J connectivity index is 3.31. The molecule has 1 rings (SSSR count). The average molecular weight is 278 g/mol. The van der Waals surface area contributed by atoms with E-state index in [4.69, 9.17) is 0 Å². The molecule has 1 aliphatic rings. The van der Waals surface area contributed by atoms with Gasteiger partial charge in [0, 0.05) is 13.1 Å². The van der Waals surface area contributed by atoms with E-state index in [1.165, 1.54) is 0 Å². The van der Waals surface area contributed by atoms with Gasteiger partial charge in [0.25, 0.3) is 0 Å². The molecule has 0 amide bonds. The van der Waals surface area contributed by atoms with Gasteiger partial charge in [0.1, 0.15) is 0 Å². The summed E-state index contributed by atoms with van der Waals surface area (Å²) in [6, 6.07) is 0. The van der Waals surface area contributed by atoms with E-state index in [1.807, 2.05) is 0 Å². The van der Waals surface area contributed by atoms with E-state index in [1.54, 1.807) is 0 Å². The first-order valence-electron chi connectivity index (χ1n) is 3.68. The summed E-state index contributed by atoms with van der Waals surface area (Å²) in [6.45, 7) is -0.761. The summed E-state index contributed by atoms with van der Waals surface area (Å²) < 4.78 is 67.5. The quantitative estimate of drug-likeness (QED) is 0.565. The average Bonchev–Trinajstić information content (AvgIpc) is 2.21. The van der Waals surface area contributed by atoms with Crippen molar-refractivity contribution in [1.29, 1.82) is 0 Å². The Morgan fingerprint density at radius 1 is 0.867 bits per heavy atom. The second-order valence-electron chi connectivity index (χ2n) is 3.03. The molecule has 1 fully saturated rings. The number of hydrogen-bond donors (Lipinski definition) is 0. The summed E-state index contributed by atoms with van der Waals surface area (Å²) in [7, 11) is -12.4. The van der Waals surface area contributed by atoms with Crippen molar-refractivity contribution >= 4 is 30.3 Å². The maximum Gasteiger partial charge on any atom is 0.308 e. The lowest BCUT2D eigenvalue weighted by molar-refractivity contribution is 0.515. The highest BCUT2D eigenvalue weighted by Gasteiger charge is 2.46. The van der Waals surface area contributed by atoms with Gasteiger partial charge in [-0.25, -0.2) is 16.8 Å². The van der Waals surface area contributed by atoms with E-state index in [0.29, 0.717) is 12.5 Å². The van der Waals surface area contributed by atoms with Crippen molar-refractivity contribution in [1.82, 2.24) is 7.42 Å². The van der Waals surface area contributed by atoms with Crippen molar-refractivity contribution in [3.8, 4) is 0 Å². The van der Waals surface area contributed by atoms with Gasteiger partial charge in [0.2, 0.25) is 20.0 Å². The maximum atomic E-state index is 11.5. The van der Waals surface area contributed by atoms with Crippen molar-refractivity contribution in [2.75, 3.05) is 25.6 Å². The SMILES string of the molecule is CS(=O)(=O)N1CCN(S(C)(=O)=O)S1(=O)=O. The molecule has 1 aliphatic heterocycles. The van der Waals surface area contributed by atoms with Gasteiger partial charge in [0.05, 0.1) is 12.5 Å². The molecule has 15 heavy (non-hydrogen) atoms. The molecule has 8 nitrogen and oxygen atoms in total. The lowest BCUT2D eigenvalue weighted by Crippen LogP contribution is -2.38. The minimum atomic E-state index is -4.45. The van der Waals surface area contributed by atoms with Crippen LogP contribution in [-0.4, -0.2) is 58.3 Å². The molecule has 0 unspecified atom stereocenters. The Labute approximate surface area is 88.8 Å². The molecule has 0 bridgehead atoms. The zero-order valence-corrected chi connectivity index (χ0v) is 10.4. The molecule has 0 N–H and O–H groups in total. The second kappa shape index (κ2) is 3.38. The van der Waals surface area contributed by atoms with Crippen molar-refractivity contribution in [3.05, 3.63) is 0 Å². The van der Waals surface area contributed by atoms with Gasteiger partial charge in [-0.2, -0.15) is 8.42 Å². The zero-order chi connectivity index (χ0) is 12.1. The van der Waals surface area contributed by atoms with Crippen LogP contribution in [0.2, 0.25) is 0 Å². The van der Waals surface area contributed by atoms with Crippen LogP contribution < -0.4 is 0 Å². The number of nitrogens with zero attached hydrogens (tertiary/aromatic N) is 2. The predicted octanol–water partition coefficient (Wildman–Crippen LogP) is -2.23. The summed E-state index contributed by atoms with van der Waals surface area (Å²) in [6.07, 6.45) is 1.41. The number of sulfonamides is 2. The van der Waals surface area contributed by atoms with E-state index < -0.39 is 30.3 Å². The van der Waals surface area contributed by atoms with Crippen molar-refractivity contribution in [2.24, 2.45) is 0 Å². The van der Waals surface area contributed by atoms with Gasteiger partial charge in [-0.1, -0.05) is 7.42 Å². The van der Waals surface area contributed by atoms with Crippen molar-refractivity contribution in [3.63, 3.8) is 0 Å².